The Morgan fingerprint density at radius 2 is 2.31 bits per heavy atom. The average Bonchev–Trinajstić information content (AvgIpc) is 2.09. The molecular weight excluding hydrogens is 191 g/mol. The molecule has 0 radical (unpaired) electrons. The van der Waals surface area contributed by atoms with Gasteiger partial charge in [-0.15, -0.1) is 0 Å². The number of rotatable bonds is 2. The minimum atomic E-state index is -0.608. The summed E-state index contributed by atoms with van der Waals surface area (Å²) in [4.78, 5) is 0. The highest BCUT2D eigenvalue weighted by molar-refractivity contribution is 6.30. The van der Waals surface area contributed by atoms with Gasteiger partial charge in [-0.2, -0.15) is 5.26 Å². The molecule has 0 aromatic heterocycles. The molecule has 0 aliphatic carbocycles. The smallest absolute Gasteiger partial charge is 0.128 e. The van der Waals surface area contributed by atoms with E-state index in [1.54, 1.807) is 0 Å². The lowest BCUT2D eigenvalue weighted by molar-refractivity contribution is 0.585. The monoisotopic (exact) mass is 198 g/mol. The highest BCUT2D eigenvalue weighted by Crippen LogP contribution is 2.21. The zero-order valence-electron chi connectivity index (χ0n) is 6.80. The molecule has 68 valence electrons. The molecule has 0 saturated carbocycles. The van der Waals surface area contributed by atoms with Crippen LogP contribution in [0, 0.1) is 17.1 Å². The van der Waals surface area contributed by atoms with Crippen LogP contribution in [0.1, 0.15) is 18.0 Å². The van der Waals surface area contributed by atoms with E-state index in [0.29, 0.717) is 5.02 Å². The van der Waals surface area contributed by atoms with Crippen molar-refractivity contribution in [3.8, 4) is 6.07 Å². The van der Waals surface area contributed by atoms with Gasteiger partial charge in [0.05, 0.1) is 12.5 Å². The van der Waals surface area contributed by atoms with Crippen LogP contribution in [0.25, 0.3) is 0 Å². The van der Waals surface area contributed by atoms with Gasteiger partial charge in [0.25, 0.3) is 0 Å². The van der Waals surface area contributed by atoms with E-state index < -0.39 is 11.9 Å². The molecule has 0 saturated heterocycles. The molecule has 0 bridgehead atoms. The van der Waals surface area contributed by atoms with Crippen LogP contribution < -0.4 is 5.73 Å². The number of halogens is 2. The van der Waals surface area contributed by atoms with E-state index in [1.807, 2.05) is 6.07 Å². The Bertz CT molecular complexity index is 346. The van der Waals surface area contributed by atoms with Crippen molar-refractivity contribution in [2.75, 3.05) is 0 Å². The number of nitrogens with two attached hydrogens (primary N) is 1. The van der Waals surface area contributed by atoms with E-state index in [0.717, 1.165) is 0 Å². The summed E-state index contributed by atoms with van der Waals surface area (Å²) in [6.45, 7) is 0. The van der Waals surface area contributed by atoms with Gasteiger partial charge in [-0.05, 0) is 18.2 Å². The molecule has 0 heterocycles. The lowest BCUT2D eigenvalue weighted by Crippen LogP contribution is -2.11. The Morgan fingerprint density at radius 3 is 2.92 bits per heavy atom. The molecule has 0 amide bonds. The lowest BCUT2D eigenvalue weighted by atomic mass is 10.1. The zero-order valence-corrected chi connectivity index (χ0v) is 7.55. The first-order valence-electron chi connectivity index (χ1n) is 3.72. The Balaban J connectivity index is 3.00. The maximum atomic E-state index is 13.1. The molecule has 0 aliphatic heterocycles. The maximum absolute atomic E-state index is 13.1. The van der Waals surface area contributed by atoms with Crippen molar-refractivity contribution in [2.45, 2.75) is 12.5 Å². The predicted octanol–water partition coefficient (Wildman–Crippen LogP) is 2.39. The van der Waals surface area contributed by atoms with Gasteiger partial charge in [0.15, 0.2) is 0 Å². The van der Waals surface area contributed by atoms with Crippen molar-refractivity contribution >= 4 is 11.6 Å². The molecule has 2 nitrogen and oxygen atoms in total. The third-order valence-electron chi connectivity index (χ3n) is 1.67. The van der Waals surface area contributed by atoms with Gasteiger partial charge in [-0.1, -0.05) is 11.6 Å². The van der Waals surface area contributed by atoms with E-state index in [1.165, 1.54) is 18.2 Å². The molecule has 13 heavy (non-hydrogen) atoms. The second-order valence-electron chi connectivity index (χ2n) is 2.63. The Morgan fingerprint density at radius 1 is 1.62 bits per heavy atom. The average molecular weight is 199 g/mol. The van der Waals surface area contributed by atoms with E-state index >= 15 is 0 Å². The van der Waals surface area contributed by atoms with Crippen molar-refractivity contribution in [3.63, 3.8) is 0 Å². The van der Waals surface area contributed by atoms with Crippen molar-refractivity contribution in [1.82, 2.24) is 0 Å². The van der Waals surface area contributed by atoms with Crippen LogP contribution in [-0.2, 0) is 0 Å². The third-order valence-corrected chi connectivity index (χ3v) is 1.90. The van der Waals surface area contributed by atoms with E-state index in [2.05, 4.69) is 0 Å². The molecule has 4 heteroatoms. The van der Waals surface area contributed by atoms with Gasteiger partial charge < -0.3 is 5.73 Å². The van der Waals surface area contributed by atoms with Gasteiger partial charge in [-0.3, -0.25) is 0 Å². The summed E-state index contributed by atoms with van der Waals surface area (Å²) in [7, 11) is 0. The van der Waals surface area contributed by atoms with Crippen LogP contribution in [0.2, 0.25) is 5.02 Å². The lowest BCUT2D eigenvalue weighted by Gasteiger charge is -2.08. The van der Waals surface area contributed by atoms with Crippen molar-refractivity contribution in [1.29, 1.82) is 5.26 Å². The van der Waals surface area contributed by atoms with E-state index in [9.17, 15) is 4.39 Å². The molecule has 2 N–H and O–H groups in total. The van der Waals surface area contributed by atoms with Crippen LogP contribution in [0.4, 0.5) is 4.39 Å². The predicted molar refractivity (Wildman–Crippen MR) is 48.6 cm³/mol. The summed E-state index contributed by atoms with van der Waals surface area (Å²) in [6.07, 6.45) is 0.0806. The number of benzene rings is 1. The first-order valence-corrected chi connectivity index (χ1v) is 4.10. The normalized spacial score (nSPS) is 12.2. The molecular formula is C9H8ClFN2. The molecule has 0 fully saturated rings. The van der Waals surface area contributed by atoms with Gasteiger partial charge in [-0.25, -0.2) is 4.39 Å². The topological polar surface area (TPSA) is 49.8 Å². The number of hydrogen-bond acceptors (Lipinski definition) is 2. The van der Waals surface area contributed by atoms with Crippen LogP contribution in [0.3, 0.4) is 0 Å². The molecule has 0 unspecified atom stereocenters. The highest BCUT2D eigenvalue weighted by atomic mass is 35.5. The Kier molecular flexibility index (Phi) is 3.24. The van der Waals surface area contributed by atoms with Crippen molar-refractivity contribution in [2.24, 2.45) is 5.73 Å². The molecule has 0 spiro atoms. The van der Waals surface area contributed by atoms with E-state index in [4.69, 9.17) is 22.6 Å². The molecule has 1 rings (SSSR count). The summed E-state index contributed by atoms with van der Waals surface area (Å²) in [5, 5.41) is 8.79. The number of nitrogens with zero attached hydrogens (tertiary/aromatic N) is 1. The summed E-state index contributed by atoms with van der Waals surface area (Å²) >= 11 is 5.66. The van der Waals surface area contributed by atoms with E-state index in [-0.39, 0.29) is 12.0 Å². The van der Waals surface area contributed by atoms with Crippen molar-refractivity contribution < 1.29 is 4.39 Å². The fraction of sp³-hybridized carbons (Fsp3) is 0.222. The maximum Gasteiger partial charge on any atom is 0.128 e. The Hall–Kier alpha value is -1.11. The second kappa shape index (κ2) is 4.22. The minimum Gasteiger partial charge on any atom is -0.323 e. The highest BCUT2D eigenvalue weighted by Gasteiger charge is 2.10. The van der Waals surface area contributed by atoms with Gasteiger partial charge >= 0.3 is 0 Å². The molecule has 1 atom stereocenters. The van der Waals surface area contributed by atoms with Gasteiger partial charge in [0, 0.05) is 16.6 Å². The minimum absolute atomic E-state index is 0.0806. The standard InChI is InChI=1S/C9H8ClFN2/c10-6-1-2-8(11)7(5-6)9(13)3-4-12/h1-2,5,9H,3,13H2/t9-/m1/s1. The van der Waals surface area contributed by atoms with Crippen LogP contribution in [-0.4, -0.2) is 0 Å². The fourth-order valence-electron chi connectivity index (χ4n) is 1.01. The first kappa shape index (κ1) is 9.97. The second-order valence-corrected chi connectivity index (χ2v) is 3.07. The summed E-state index contributed by atoms with van der Waals surface area (Å²) in [5.74, 6) is -0.424. The third kappa shape index (κ3) is 2.41. The van der Waals surface area contributed by atoms with Crippen LogP contribution in [0.15, 0.2) is 18.2 Å². The SMILES string of the molecule is N#CC[C@@H](N)c1cc(Cl)ccc1F. The van der Waals surface area contributed by atoms with Gasteiger partial charge in [0.1, 0.15) is 5.82 Å². The van der Waals surface area contributed by atoms with Crippen LogP contribution >= 0.6 is 11.6 Å². The molecule has 1 aromatic rings. The molecule has 0 aliphatic rings. The van der Waals surface area contributed by atoms with Crippen LogP contribution in [0.5, 0.6) is 0 Å². The summed E-state index contributed by atoms with van der Waals surface area (Å²) in [5.41, 5.74) is 5.84. The van der Waals surface area contributed by atoms with Gasteiger partial charge in [0.2, 0.25) is 0 Å². The quantitative estimate of drug-likeness (QED) is 0.793. The summed E-state index contributed by atoms with van der Waals surface area (Å²) < 4.78 is 13.1. The van der Waals surface area contributed by atoms with Crippen molar-refractivity contribution in [3.05, 3.63) is 34.6 Å². The Labute approximate surface area is 80.7 Å². The number of nitriles is 1. The molecule has 1 aromatic carbocycles. The summed E-state index contributed by atoms with van der Waals surface area (Å²) in [6, 6.07) is 5.40. The number of hydrogen-bond donors (Lipinski definition) is 1. The first-order chi connectivity index (χ1) is 6.15. The zero-order chi connectivity index (χ0) is 9.84. The largest absolute Gasteiger partial charge is 0.323 e. The fourth-order valence-corrected chi connectivity index (χ4v) is 1.19.